The summed E-state index contributed by atoms with van der Waals surface area (Å²) in [7, 11) is 0. The second-order valence-electron chi connectivity index (χ2n) is 5.74. The molecule has 4 atom stereocenters. The molecule has 1 aliphatic heterocycles. The van der Waals surface area contributed by atoms with Gasteiger partial charge in [-0.2, -0.15) is 0 Å². The van der Waals surface area contributed by atoms with Crippen LogP contribution in [0.3, 0.4) is 0 Å². The standard InChI is InChI=1S/C15H19FN2O2/c1-10-7-17-9-15(16)12(10)13(15)18-14(19)20-8-11-5-3-2-4-6-11/h2-6,10,12-13,17H,7-9H2,1H3,(H,18,19)/t10-,12?,13+,15-/m1/s1. The lowest BCUT2D eigenvalue weighted by Crippen LogP contribution is -2.39. The molecule has 0 aromatic heterocycles. The van der Waals surface area contributed by atoms with Crippen molar-refractivity contribution in [3.63, 3.8) is 0 Å². The number of amides is 1. The largest absolute Gasteiger partial charge is 0.445 e. The number of piperidine rings is 1. The van der Waals surface area contributed by atoms with Crippen LogP contribution in [0.1, 0.15) is 12.5 Å². The molecule has 0 spiro atoms. The SMILES string of the molecule is C[C@@H]1CNC[C@@]2(F)C1[C@@H]2NC(=O)OCc1ccccc1. The predicted molar refractivity (Wildman–Crippen MR) is 72.9 cm³/mol. The van der Waals surface area contributed by atoms with Crippen molar-refractivity contribution in [1.82, 2.24) is 10.6 Å². The van der Waals surface area contributed by atoms with Crippen molar-refractivity contribution in [2.24, 2.45) is 11.8 Å². The molecule has 2 N–H and O–H groups in total. The molecule has 1 amide bonds. The van der Waals surface area contributed by atoms with E-state index >= 15 is 0 Å². The molecule has 108 valence electrons. The number of hydrogen-bond acceptors (Lipinski definition) is 3. The van der Waals surface area contributed by atoms with Crippen molar-refractivity contribution in [3.8, 4) is 0 Å². The Labute approximate surface area is 117 Å². The van der Waals surface area contributed by atoms with Gasteiger partial charge in [-0.05, 0) is 18.0 Å². The number of alkyl carbamates (subject to hydrolysis) is 1. The summed E-state index contributed by atoms with van der Waals surface area (Å²) in [6, 6.07) is 9.02. The van der Waals surface area contributed by atoms with Gasteiger partial charge in [0.05, 0.1) is 6.04 Å². The predicted octanol–water partition coefficient (Wildman–Crippen LogP) is 1.86. The van der Waals surface area contributed by atoms with Gasteiger partial charge in [0.1, 0.15) is 12.3 Å². The third-order valence-electron chi connectivity index (χ3n) is 4.28. The second-order valence-corrected chi connectivity index (χ2v) is 5.74. The lowest BCUT2D eigenvalue weighted by Gasteiger charge is -2.20. The van der Waals surface area contributed by atoms with Gasteiger partial charge in [-0.3, -0.25) is 0 Å². The number of nitrogens with one attached hydrogen (secondary N) is 2. The lowest BCUT2D eigenvalue weighted by molar-refractivity contribution is 0.136. The van der Waals surface area contributed by atoms with E-state index in [4.69, 9.17) is 4.74 Å². The quantitative estimate of drug-likeness (QED) is 0.887. The first-order chi connectivity index (χ1) is 9.61. The number of ether oxygens (including phenoxy) is 1. The van der Waals surface area contributed by atoms with Crippen molar-refractivity contribution in [2.45, 2.75) is 25.2 Å². The molecule has 1 heterocycles. The smallest absolute Gasteiger partial charge is 0.407 e. The van der Waals surface area contributed by atoms with E-state index in [9.17, 15) is 9.18 Å². The summed E-state index contributed by atoms with van der Waals surface area (Å²) < 4.78 is 19.6. The highest BCUT2D eigenvalue weighted by Gasteiger charge is 2.70. The highest BCUT2D eigenvalue weighted by molar-refractivity contribution is 5.69. The number of benzene rings is 1. The second kappa shape index (κ2) is 5.05. The molecular formula is C15H19FN2O2. The maximum Gasteiger partial charge on any atom is 0.407 e. The van der Waals surface area contributed by atoms with Gasteiger partial charge in [0.25, 0.3) is 0 Å². The van der Waals surface area contributed by atoms with E-state index in [0.29, 0.717) is 6.54 Å². The molecule has 1 saturated heterocycles. The van der Waals surface area contributed by atoms with Crippen molar-refractivity contribution in [1.29, 1.82) is 0 Å². The number of carbonyl (C=O) groups is 1. The molecule has 5 heteroatoms. The molecule has 0 bridgehead atoms. The van der Waals surface area contributed by atoms with E-state index in [1.54, 1.807) is 0 Å². The zero-order chi connectivity index (χ0) is 14.2. The zero-order valence-corrected chi connectivity index (χ0v) is 11.4. The van der Waals surface area contributed by atoms with Crippen LogP contribution < -0.4 is 10.6 Å². The van der Waals surface area contributed by atoms with Crippen LogP contribution >= 0.6 is 0 Å². The summed E-state index contributed by atoms with van der Waals surface area (Å²) in [6.45, 7) is 3.32. The zero-order valence-electron chi connectivity index (χ0n) is 11.4. The molecule has 3 rings (SSSR count). The fraction of sp³-hybridized carbons (Fsp3) is 0.533. The van der Waals surface area contributed by atoms with Gasteiger partial charge in [0, 0.05) is 12.5 Å². The van der Waals surface area contributed by atoms with Crippen LogP contribution in [-0.2, 0) is 11.3 Å². The Morgan fingerprint density at radius 2 is 2.25 bits per heavy atom. The summed E-state index contributed by atoms with van der Waals surface area (Å²) in [6.07, 6.45) is -0.544. The van der Waals surface area contributed by atoms with Crippen LogP contribution in [-0.4, -0.2) is 30.9 Å². The topological polar surface area (TPSA) is 50.4 Å². The first-order valence-electron chi connectivity index (χ1n) is 6.98. The number of alkyl halides is 1. The summed E-state index contributed by atoms with van der Waals surface area (Å²) in [5.74, 6) is 0.140. The van der Waals surface area contributed by atoms with E-state index in [1.165, 1.54) is 0 Å². The van der Waals surface area contributed by atoms with Crippen LogP contribution in [0.2, 0.25) is 0 Å². The summed E-state index contributed by atoms with van der Waals surface area (Å²) in [5, 5.41) is 5.72. The third kappa shape index (κ3) is 2.38. The lowest BCUT2D eigenvalue weighted by atomic mass is 10.0. The van der Waals surface area contributed by atoms with Gasteiger partial charge in [-0.15, -0.1) is 0 Å². The molecular weight excluding hydrogens is 259 g/mol. The van der Waals surface area contributed by atoms with Crippen LogP contribution in [0.25, 0.3) is 0 Å². The highest BCUT2D eigenvalue weighted by Crippen LogP contribution is 2.53. The van der Waals surface area contributed by atoms with Gasteiger partial charge >= 0.3 is 6.09 Å². The van der Waals surface area contributed by atoms with Crippen LogP contribution in [0.5, 0.6) is 0 Å². The molecule has 1 aromatic rings. The Hall–Kier alpha value is -1.62. The average Bonchev–Trinajstić information content (AvgIpc) is 3.04. The van der Waals surface area contributed by atoms with Crippen molar-refractivity contribution in [3.05, 3.63) is 35.9 Å². The maximum absolute atomic E-state index is 14.5. The fourth-order valence-electron chi connectivity index (χ4n) is 3.19. The molecule has 20 heavy (non-hydrogen) atoms. The van der Waals surface area contributed by atoms with Crippen molar-refractivity contribution >= 4 is 6.09 Å². The number of halogens is 1. The minimum atomic E-state index is -1.30. The van der Waals surface area contributed by atoms with Crippen LogP contribution in [0.4, 0.5) is 9.18 Å². The average molecular weight is 278 g/mol. The summed E-state index contributed by atoms with van der Waals surface area (Å²) >= 11 is 0. The van der Waals surface area contributed by atoms with Crippen LogP contribution in [0, 0.1) is 11.8 Å². The monoisotopic (exact) mass is 278 g/mol. The van der Waals surface area contributed by atoms with Crippen LogP contribution in [0.15, 0.2) is 30.3 Å². The minimum absolute atomic E-state index is 0.0898. The van der Waals surface area contributed by atoms with E-state index in [0.717, 1.165) is 12.1 Å². The Morgan fingerprint density at radius 3 is 2.95 bits per heavy atom. The third-order valence-corrected chi connectivity index (χ3v) is 4.28. The van der Waals surface area contributed by atoms with Gasteiger partial charge in [-0.25, -0.2) is 9.18 Å². The van der Waals surface area contributed by atoms with Crippen molar-refractivity contribution < 1.29 is 13.9 Å². The van der Waals surface area contributed by atoms with Gasteiger partial charge in [0.15, 0.2) is 0 Å². The van der Waals surface area contributed by atoms with Gasteiger partial charge in [0.2, 0.25) is 0 Å². The number of carbonyl (C=O) groups excluding carboxylic acids is 1. The van der Waals surface area contributed by atoms with Gasteiger partial charge < -0.3 is 15.4 Å². The molecule has 2 aliphatic rings. The molecule has 1 unspecified atom stereocenters. The maximum atomic E-state index is 14.5. The first kappa shape index (κ1) is 13.4. The Bertz CT molecular complexity index is 496. The molecule has 1 aliphatic carbocycles. The summed E-state index contributed by atoms with van der Waals surface area (Å²) in [4.78, 5) is 11.7. The Kier molecular flexibility index (Phi) is 3.38. The number of rotatable bonds is 3. The van der Waals surface area contributed by atoms with Crippen molar-refractivity contribution in [2.75, 3.05) is 13.1 Å². The Balaban J connectivity index is 1.51. The number of fused-ring (bicyclic) bond motifs is 1. The Morgan fingerprint density at radius 1 is 1.50 bits per heavy atom. The van der Waals surface area contributed by atoms with E-state index in [1.807, 2.05) is 37.3 Å². The van der Waals surface area contributed by atoms with E-state index in [-0.39, 0.29) is 18.4 Å². The molecule has 2 fully saturated rings. The molecule has 4 nitrogen and oxygen atoms in total. The molecule has 1 aromatic carbocycles. The number of hydrogen-bond donors (Lipinski definition) is 2. The normalized spacial score (nSPS) is 35.0. The molecule has 0 radical (unpaired) electrons. The van der Waals surface area contributed by atoms with E-state index < -0.39 is 17.8 Å². The molecule has 1 saturated carbocycles. The first-order valence-corrected chi connectivity index (χ1v) is 6.98. The van der Waals surface area contributed by atoms with Gasteiger partial charge in [-0.1, -0.05) is 37.3 Å². The summed E-state index contributed by atoms with van der Waals surface area (Å²) in [5.41, 5.74) is -0.385. The van der Waals surface area contributed by atoms with E-state index in [2.05, 4.69) is 10.6 Å². The highest BCUT2D eigenvalue weighted by atomic mass is 19.1. The minimum Gasteiger partial charge on any atom is -0.445 e. The fourth-order valence-corrected chi connectivity index (χ4v) is 3.19.